The molecule has 1 rings (SSSR count). The van der Waals surface area contributed by atoms with E-state index in [-0.39, 0.29) is 5.91 Å². The lowest BCUT2D eigenvalue weighted by molar-refractivity contribution is 0.0822. The first kappa shape index (κ1) is 14.8. The van der Waals surface area contributed by atoms with Gasteiger partial charge in [-0.15, -0.1) is 0 Å². The van der Waals surface area contributed by atoms with Gasteiger partial charge in [0.1, 0.15) is 0 Å². The number of nitrogens with one attached hydrogen (secondary N) is 1. The first-order chi connectivity index (χ1) is 8.49. The van der Waals surface area contributed by atoms with Gasteiger partial charge in [-0.2, -0.15) is 0 Å². The standard InChI is InChI=1S/C13H14Cl2N2O/c1-10(14)8-17(9-11(2)15)16-13(18)12-6-4-3-5-7-12/h3-7H,1-2,8-9H2,(H,16,18). The van der Waals surface area contributed by atoms with Crippen LogP contribution in [0.3, 0.4) is 0 Å². The molecule has 0 aliphatic heterocycles. The summed E-state index contributed by atoms with van der Waals surface area (Å²) in [5.41, 5.74) is 3.26. The van der Waals surface area contributed by atoms with Crippen LogP contribution in [0.4, 0.5) is 0 Å². The zero-order chi connectivity index (χ0) is 13.5. The van der Waals surface area contributed by atoms with Crippen molar-refractivity contribution in [3.63, 3.8) is 0 Å². The second kappa shape index (κ2) is 7.21. The molecule has 0 radical (unpaired) electrons. The lowest BCUT2D eigenvalue weighted by atomic mass is 10.2. The smallest absolute Gasteiger partial charge is 0.265 e. The van der Waals surface area contributed by atoms with Gasteiger partial charge >= 0.3 is 0 Å². The summed E-state index contributed by atoms with van der Waals surface area (Å²) >= 11 is 11.5. The van der Waals surface area contributed by atoms with Crippen molar-refractivity contribution in [2.24, 2.45) is 0 Å². The fraction of sp³-hybridized carbons (Fsp3) is 0.154. The number of carbonyl (C=O) groups is 1. The maximum Gasteiger partial charge on any atom is 0.265 e. The molecule has 3 nitrogen and oxygen atoms in total. The molecular weight excluding hydrogens is 271 g/mol. The second-order valence-electron chi connectivity index (χ2n) is 3.70. The van der Waals surface area contributed by atoms with E-state index in [0.717, 1.165) is 0 Å². The van der Waals surface area contributed by atoms with Gasteiger partial charge in [0.05, 0.1) is 13.1 Å². The number of nitrogens with zero attached hydrogens (tertiary/aromatic N) is 1. The number of carbonyl (C=O) groups excluding carboxylic acids is 1. The Balaban J connectivity index is 2.68. The highest BCUT2D eigenvalue weighted by Gasteiger charge is 2.12. The Bertz CT molecular complexity index is 430. The number of hydrogen-bond donors (Lipinski definition) is 1. The van der Waals surface area contributed by atoms with Gasteiger partial charge in [-0.05, 0) is 12.1 Å². The second-order valence-corrected chi connectivity index (χ2v) is 4.77. The minimum atomic E-state index is -0.230. The summed E-state index contributed by atoms with van der Waals surface area (Å²) in [6.45, 7) is 7.76. The Kier molecular flexibility index (Phi) is 5.92. The highest BCUT2D eigenvalue weighted by molar-refractivity contribution is 6.30. The first-order valence-electron chi connectivity index (χ1n) is 5.26. The van der Waals surface area contributed by atoms with Crippen LogP contribution < -0.4 is 5.43 Å². The predicted octanol–water partition coefficient (Wildman–Crippen LogP) is 3.14. The Morgan fingerprint density at radius 2 is 1.61 bits per heavy atom. The van der Waals surface area contributed by atoms with Crippen molar-refractivity contribution >= 4 is 29.1 Å². The summed E-state index contributed by atoms with van der Waals surface area (Å²) in [5, 5.41) is 2.36. The fourth-order valence-corrected chi connectivity index (χ4v) is 1.64. The summed E-state index contributed by atoms with van der Waals surface area (Å²) in [6.07, 6.45) is 0. The van der Waals surface area contributed by atoms with Gasteiger partial charge in [-0.25, -0.2) is 5.01 Å². The molecule has 0 unspecified atom stereocenters. The maximum absolute atomic E-state index is 11.9. The third kappa shape index (κ3) is 5.36. The number of halogens is 2. The van der Waals surface area contributed by atoms with Crippen molar-refractivity contribution < 1.29 is 4.79 Å². The molecule has 0 aromatic heterocycles. The molecule has 5 heteroatoms. The summed E-state index contributed by atoms with van der Waals surface area (Å²) in [7, 11) is 0. The number of hydrogen-bond acceptors (Lipinski definition) is 2. The highest BCUT2D eigenvalue weighted by atomic mass is 35.5. The summed E-state index contributed by atoms with van der Waals surface area (Å²) in [4.78, 5) is 11.9. The van der Waals surface area contributed by atoms with E-state index in [1.54, 1.807) is 29.3 Å². The van der Waals surface area contributed by atoms with Crippen LogP contribution in [0.1, 0.15) is 10.4 Å². The van der Waals surface area contributed by atoms with Crippen LogP contribution in [0.15, 0.2) is 53.6 Å². The zero-order valence-electron chi connectivity index (χ0n) is 9.83. The molecule has 0 saturated heterocycles. The molecule has 1 aromatic rings. The van der Waals surface area contributed by atoms with Gasteiger partial charge in [0.2, 0.25) is 0 Å². The van der Waals surface area contributed by atoms with Crippen molar-refractivity contribution in [3.8, 4) is 0 Å². The van der Waals surface area contributed by atoms with E-state index >= 15 is 0 Å². The number of hydrazine groups is 1. The molecule has 18 heavy (non-hydrogen) atoms. The quantitative estimate of drug-likeness (QED) is 0.814. The predicted molar refractivity (Wildman–Crippen MR) is 75.5 cm³/mol. The summed E-state index contributed by atoms with van der Waals surface area (Å²) in [5.74, 6) is -0.230. The molecule has 96 valence electrons. The maximum atomic E-state index is 11.9. The Labute approximate surface area is 117 Å². The molecule has 0 spiro atoms. The van der Waals surface area contributed by atoms with Gasteiger partial charge in [0.25, 0.3) is 5.91 Å². The average Bonchev–Trinajstić information content (AvgIpc) is 2.28. The van der Waals surface area contributed by atoms with Crippen LogP contribution in [-0.4, -0.2) is 24.0 Å². The number of benzene rings is 1. The number of amides is 1. The molecular formula is C13H14Cl2N2O. The lowest BCUT2D eigenvalue weighted by Crippen LogP contribution is -2.43. The van der Waals surface area contributed by atoms with Crippen LogP contribution in [0.2, 0.25) is 0 Å². The van der Waals surface area contributed by atoms with E-state index in [1.807, 2.05) is 6.07 Å². The SMILES string of the molecule is C=C(Cl)CN(CC(=C)Cl)NC(=O)c1ccccc1. The third-order valence-corrected chi connectivity index (χ3v) is 2.26. The average molecular weight is 285 g/mol. The van der Waals surface area contributed by atoms with E-state index in [9.17, 15) is 4.79 Å². The Hall–Kier alpha value is -1.29. The molecule has 0 bridgehead atoms. The minimum absolute atomic E-state index is 0.230. The van der Waals surface area contributed by atoms with Crippen LogP contribution in [0.5, 0.6) is 0 Å². The van der Waals surface area contributed by atoms with Gasteiger partial charge in [-0.3, -0.25) is 10.2 Å². The third-order valence-electron chi connectivity index (χ3n) is 2.02. The molecule has 0 aliphatic carbocycles. The van der Waals surface area contributed by atoms with Crippen molar-refractivity contribution in [2.45, 2.75) is 0 Å². The molecule has 0 heterocycles. The van der Waals surface area contributed by atoms with E-state index in [2.05, 4.69) is 18.6 Å². The van der Waals surface area contributed by atoms with Crippen molar-refractivity contribution in [1.82, 2.24) is 10.4 Å². The lowest BCUT2D eigenvalue weighted by Gasteiger charge is -2.22. The van der Waals surface area contributed by atoms with Crippen molar-refractivity contribution in [2.75, 3.05) is 13.1 Å². The van der Waals surface area contributed by atoms with E-state index in [0.29, 0.717) is 28.7 Å². The van der Waals surface area contributed by atoms with E-state index in [4.69, 9.17) is 23.2 Å². The normalized spacial score (nSPS) is 10.2. The zero-order valence-corrected chi connectivity index (χ0v) is 11.3. The topological polar surface area (TPSA) is 32.3 Å². The molecule has 0 fully saturated rings. The minimum Gasteiger partial charge on any atom is -0.284 e. The molecule has 0 saturated carbocycles. The highest BCUT2D eigenvalue weighted by Crippen LogP contribution is 2.06. The fourth-order valence-electron chi connectivity index (χ4n) is 1.35. The van der Waals surface area contributed by atoms with E-state index < -0.39 is 0 Å². The van der Waals surface area contributed by atoms with Gasteiger partial charge in [0, 0.05) is 15.6 Å². The monoisotopic (exact) mass is 284 g/mol. The molecule has 0 atom stereocenters. The van der Waals surface area contributed by atoms with Gasteiger partial charge in [0.15, 0.2) is 0 Å². The molecule has 1 N–H and O–H groups in total. The van der Waals surface area contributed by atoms with Gasteiger partial charge in [-0.1, -0.05) is 54.6 Å². The number of rotatable bonds is 6. The van der Waals surface area contributed by atoms with Crippen LogP contribution in [-0.2, 0) is 0 Å². The summed E-state index contributed by atoms with van der Waals surface area (Å²) in [6, 6.07) is 8.87. The van der Waals surface area contributed by atoms with Crippen LogP contribution in [0.25, 0.3) is 0 Å². The Morgan fingerprint density at radius 3 is 2.06 bits per heavy atom. The summed E-state index contributed by atoms with van der Waals surface area (Å²) < 4.78 is 0. The Morgan fingerprint density at radius 1 is 1.11 bits per heavy atom. The molecule has 1 amide bonds. The largest absolute Gasteiger partial charge is 0.284 e. The molecule has 0 aliphatic rings. The van der Waals surface area contributed by atoms with E-state index in [1.165, 1.54) is 0 Å². The van der Waals surface area contributed by atoms with Gasteiger partial charge < -0.3 is 0 Å². The van der Waals surface area contributed by atoms with Crippen molar-refractivity contribution in [1.29, 1.82) is 0 Å². The van der Waals surface area contributed by atoms with Crippen molar-refractivity contribution in [3.05, 3.63) is 59.1 Å². The molecule has 1 aromatic carbocycles. The van der Waals surface area contributed by atoms with Crippen LogP contribution >= 0.6 is 23.2 Å². The first-order valence-corrected chi connectivity index (χ1v) is 6.02. The van der Waals surface area contributed by atoms with Crippen LogP contribution in [0, 0.1) is 0 Å².